The predicted molar refractivity (Wildman–Crippen MR) is 73.0 cm³/mol. The van der Waals surface area contributed by atoms with Crippen molar-refractivity contribution in [1.29, 1.82) is 0 Å². The Hall–Kier alpha value is -1.81. The Balaban J connectivity index is 1.86. The summed E-state index contributed by atoms with van der Waals surface area (Å²) in [5.74, 6) is -0.521. The molecule has 0 aliphatic heterocycles. The fraction of sp³-hybridized carbons (Fsp3) is 0.200. The van der Waals surface area contributed by atoms with Crippen LogP contribution in [0.25, 0.3) is 0 Å². The average molecular weight is 276 g/mol. The zero-order valence-electron chi connectivity index (χ0n) is 10.3. The number of hydrogen-bond donors (Lipinski definition) is 0. The Bertz CT molecular complexity index is 576. The molecule has 0 fully saturated rings. The van der Waals surface area contributed by atoms with Gasteiger partial charge in [-0.1, -0.05) is 24.3 Å². The Morgan fingerprint density at radius 2 is 1.84 bits per heavy atom. The molecule has 0 radical (unpaired) electrons. The second-order valence-corrected chi connectivity index (χ2v) is 5.16. The van der Waals surface area contributed by atoms with Crippen LogP contribution in [0, 0.1) is 5.82 Å². The smallest absolute Gasteiger partial charge is 0.173 e. The van der Waals surface area contributed by atoms with Crippen LogP contribution in [0.3, 0.4) is 0 Å². The Kier molecular flexibility index (Phi) is 4.58. The Morgan fingerprint density at radius 3 is 2.53 bits per heavy atom. The summed E-state index contributed by atoms with van der Waals surface area (Å²) in [7, 11) is 0. The van der Waals surface area contributed by atoms with Gasteiger partial charge in [0, 0.05) is 19.3 Å². The fourth-order valence-corrected chi connectivity index (χ4v) is 2.45. The highest BCUT2D eigenvalue weighted by Gasteiger charge is 2.12. The third-order valence-corrected chi connectivity index (χ3v) is 3.68. The molecule has 0 aliphatic carbocycles. The number of hydrogen-bond acceptors (Lipinski definition) is 3. The molecular formula is C15H13FO2S. The SMILES string of the molecule is O=C(CCC(=O)c1cccs1)Cc1ccccc1F. The van der Waals surface area contributed by atoms with E-state index in [1.54, 1.807) is 30.3 Å². The topological polar surface area (TPSA) is 34.1 Å². The van der Waals surface area contributed by atoms with E-state index in [1.807, 2.05) is 5.38 Å². The molecule has 2 aromatic rings. The summed E-state index contributed by atoms with van der Waals surface area (Å²) >= 11 is 1.37. The second kappa shape index (κ2) is 6.38. The highest BCUT2D eigenvalue weighted by molar-refractivity contribution is 7.12. The summed E-state index contributed by atoms with van der Waals surface area (Å²) in [6.45, 7) is 0. The van der Waals surface area contributed by atoms with Gasteiger partial charge in [0.15, 0.2) is 5.78 Å². The van der Waals surface area contributed by atoms with Crippen LogP contribution in [0.5, 0.6) is 0 Å². The number of ketones is 2. The molecule has 1 aromatic carbocycles. The molecular weight excluding hydrogens is 263 g/mol. The molecule has 1 heterocycles. The van der Waals surface area contributed by atoms with Gasteiger partial charge in [-0.3, -0.25) is 9.59 Å². The first-order valence-electron chi connectivity index (χ1n) is 5.98. The minimum Gasteiger partial charge on any atom is -0.299 e. The van der Waals surface area contributed by atoms with Gasteiger partial charge in [0.25, 0.3) is 0 Å². The summed E-state index contributed by atoms with van der Waals surface area (Å²) in [6.07, 6.45) is 0.392. The summed E-state index contributed by atoms with van der Waals surface area (Å²) in [4.78, 5) is 24.1. The summed E-state index contributed by atoms with van der Waals surface area (Å²) in [6, 6.07) is 9.76. The van der Waals surface area contributed by atoms with E-state index < -0.39 is 0 Å². The number of carbonyl (C=O) groups is 2. The lowest BCUT2D eigenvalue weighted by molar-refractivity contribution is -0.118. The van der Waals surface area contributed by atoms with Crippen LogP contribution >= 0.6 is 11.3 Å². The van der Waals surface area contributed by atoms with Crippen molar-refractivity contribution in [3.05, 3.63) is 58.0 Å². The van der Waals surface area contributed by atoms with Gasteiger partial charge in [-0.15, -0.1) is 11.3 Å². The van der Waals surface area contributed by atoms with Gasteiger partial charge < -0.3 is 0 Å². The number of carbonyl (C=O) groups excluding carboxylic acids is 2. The van der Waals surface area contributed by atoms with Crippen molar-refractivity contribution in [2.45, 2.75) is 19.3 Å². The molecule has 0 aliphatic rings. The molecule has 0 saturated heterocycles. The van der Waals surface area contributed by atoms with Crippen molar-refractivity contribution in [1.82, 2.24) is 0 Å². The molecule has 0 bridgehead atoms. The molecule has 1 aromatic heterocycles. The molecule has 0 N–H and O–H groups in total. The van der Waals surface area contributed by atoms with E-state index in [0.717, 1.165) is 0 Å². The highest BCUT2D eigenvalue weighted by atomic mass is 32.1. The maximum atomic E-state index is 13.4. The lowest BCUT2D eigenvalue weighted by Gasteiger charge is -2.02. The molecule has 0 spiro atoms. The first-order chi connectivity index (χ1) is 9.16. The van der Waals surface area contributed by atoms with Gasteiger partial charge in [0.1, 0.15) is 11.6 Å². The summed E-state index contributed by atoms with van der Waals surface area (Å²) in [5.41, 5.74) is 0.385. The van der Waals surface area contributed by atoms with Gasteiger partial charge in [-0.25, -0.2) is 4.39 Å². The maximum absolute atomic E-state index is 13.4. The zero-order chi connectivity index (χ0) is 13.7. The molecule has 0 amide bonds. The Labute approximate surface area is 114 Å². The molecule has 4 heteroatoms. The number of rotatable bonds is 6. The minimum atomic E-state index is -0.375. The number of Topliss-reactive ketones (excluding diaryl/α,β-unsaturated/α-hetero) is 2. The van der Waals surface area contributed by atoms with Crippen molar-refractivity contribution < 1.29 is 14.0 Å². The largest absolute Gasteiger partial charge is 0.299 e. The molecule has 0 saturated carbocycles. The molecule has 2 nitrogen and oxygen atoms in total. The molecule has 2 rings (SSSR count). The van der Waals surface area contributed by atoms with Crippen LogP contribution in [0.15, 0.2) is 41.8 Å². The number of halogens is 1. The molecule has 0 unspecified atom stereocenters. The molecule has 19 heavy (non-hydrogen) atoms. The van der Waals surface area contributed by atoms with E-state index in [2.05, 4.69) is 0 Å². The zero-order valence-corrected chi connectivity index (χ0v) is 11.1. The molecule has 0 atom stereocenters. The number of benzene rings is 1. The van der Waals surface area contributed by atoms with Crippen molar-refractivity contribution in [3.8, 4) is 0 Å². The van der Waals surface area contributed by atoms with E-state index in [-0.39, 0.29) is 36.6 Å². The van der Waals surface area contributed by atoms with Crippen LogP contribution in [0.1, 0.15) is 28.1 Å². The molecule has 98 valence electrons. The lowest BCUT2D eigenvalue weighted by atomic mass is 10.0. The quantitative estimate of drug-likeness (QED) is 0.754. The summed E-state index contributed by atoms with van der Waals surface area (Å²) in [5, 5.41) is 1.83. The van der Waals surface area contributed by atoms with Crippen LogP contribution in [-0.4, -0.2) is 11.6 Å². The predicted octanol–water partition coefficient (Wildman–Crippen LogP) is 3.66. The normalized spacial score (nSPS) is 10.4. The first-order valence-corrected chi connectivity index (χ1v) is 6.86. The number of thiophene rings is 1. The van der Waals surface area contributed by atoms with Crippen molar-refractivity contribution in [2.24, 2.45) is 0 Å². The highest BCUT2D eigenvalue weighted by Crippen LogP contribution is 2.14. The van der Waals surface area contributed by atoms with Crippen molar-refractivity contribution >= 4 is 22.9 Å². The first kappa shape index (κ1) is 13.6. The van der Waals surface area contributed by atoms with E-state index in [0.29, 0.717) is 10.4 Å². The third-order valence-electron chi connectivity index (χ3n) is 2.77. The third kappa shape index (κ3) is 3.83. The van der Waals surface area contributed by atoms with E-state index in [9.17, 15) is 14.0 Å². The summed E-state index contributed by atoms with van der Waals surface area (Å²) < 4.78 is 13.4. The lowest BCUT2D eigenvalue weighted by Crippen LogP contribution is -2.07. The minimum absolute atomic E-state index is 0.0307. The maximum Gasteiger partial charge on any atom is 0.173 e. The van der Waals surface area contributed by atoms with Crippen LogP contribution in [-0.2, 0) is 11.2 Å². The van der Waals surface area contributed by atoms with Gasteiger partial charge in [0.2, 0.25) is 0 Å². The van der Waals surface area contributed by atoms with Gasteiger partial charge in [-0.05, 0) is 23.1 Å². The monoisotopic (exact) mass is 276 g/mol. The fourth-order valence-electron chi connectivity index (χ4n) is 1.76. The van der Waals surface area contributed by atoms with Crippen LogP contribution in [0.2, 0.25) is 0 Å². The average Bonchev–Trinajstić information content (AvgIpc) is 2.93. The van der Waals surface area contributed by atoms with Crippen LogP contribution < -0.4 is 0 Å². The van der Waals surface area contributed by atoms with E-state index in [4.69, 9.17) is 0 Å². The van der Waals surface area contributed by atoms with Gasteiger partial charge in [0.05, 0.1) is 4.88 Å². The van der Waals surface area contributed by atoms with Crippen molar-refractivity contribution in [3.63, 3.8) is 0 Å². The van der Waals surface area contributed by atoms with Gasteiger partial charge in [-0.2, -0.15) is 0 Å². The standard InChI is InChI=1S/C15H13FO2S/c16-13-5-2-1-4-11(13)10-12(17)7-8-14(18)15-6-3-9-19-15/h1-6,9H,7-8,10H2. The van der Waals surface area contributed by atoms with E-state index >= 15 is 0 Å². The van der Waals surface area contributed by atoms with Gasteiger partial charge >= 0.3 is 0 Å². The van der Waals surface area contributed by atoms with E-state index in [1.165, 1.54) is 17.4 Å². The van der Waals surface area contributed by atoms with Crippen LogP contribution in [0.4, 0.5) is 4.39 Å². The van der Waals surface area contributed by atoms with Crippen molar-refractivity contribution in [2.75, 3.05) is 0 Å². The Morgan fingerprint density at radius 1 is 1.05 bits per heavy atom. The second-order valence-electron chi connectivity index (χ2n) is 4.21.